The van der Waals surface area contributed by atoms with Crippen LogP contribution in [-0.4, -0.2) is 36.4 Å². The predicted octanol–water partition coefficient (Wildman–Crippen LogP) is 2.57. The molecule has 2 aromatic rings. The molecule has 0 fully saturated rings. The lowest BCUT2D eigenvalue weighted by atomic mass is 10.1. The Morgan fingerprint density at radius 2 is 2.09 bits per heavy atom. The molecule has 0 aliphatic heterocycles. The number of nitrogens with two attached hydrogens (primary N) is 1. The Kier molecular flexibility index (Phi) is 5.15. The zero-order valence-electron chi connectivity index (χ0n) is 14.1. The molecule has 0 saturated heterocycles. The van der Waals surface area contributed by atoms with E-state index < -0.39 is 11.7 Å². The number of fused-ring (bicyclic) bond motifs is 1. The van der Waals surface area contributed by atoms with Crippen molar-refractivity contribution in [2.45, 2.75) is 38.8 Å². The molecule has 126 valence electrons. The average molecular weight is 319 g/mol. The van der Waals surface area contributed by atoms with E-state index in [0.717, 1.165) is 22.3 Å². The highest BCUT2D eigenvalue weighted by Gasteiger charge is 2.19. The smallest absolute Gasteiger partial charge is 0.407 e. The van der Waals surface area contributed by atoms with Gasteiger partial charge in [0.05, 0.1) is 7.11 Å². The third-order valence-electron chi connectivity index (χ3n) is 3.36. The first-order valence-electron chi connectivity index (χ1n) is 7.66. The number of carbonyl (C=O) groups excluding carboxylic acids is 1. The van der Waals surface area contributed by atoms with Crippen LogP contribution in [0.25, 0.3) is 10.9 Å². The van der Waals surface area contributed by atoms with E-state index >= 15 is 0 Å². The number of H-pyrrole nitrogens is 1. The van der Waals surface area contributed by atoms with Gasteiger partial charge in [0.1, 0.15) is 11.4 Å². The minimum Gasteiger partial charge on any atom is -0.497 e. The molecule has 6 heteroatoms. The van der Waals surface area contributed by atoms with Crippen LogP contribution in [0.5, 0.6) is 5.75 Å². The third kappa shape index (κ3) is 4.89. The molecular formula is C17H25N3O3. The Morgan fingerprint density at radius 3 is 2.70 bits per heavy atom. The Balaban J connectivity index is 2.05. The first-order valence-corrected chi connectivity index (χ1v) is 7.66. The number of aromatic amines is 1. The number of carbonyl (C=O) groups is 1. The standard InChI is InChI=1S/C17H25N3O3/c1-17(2,3)23-16(21)20-13(10-18)8-12-7-11-5-6-14(22-4)9-15(11)19-12/h5-7,9,13,19H,8,10,18H2,1-4H3,(H,20,21). The summed E-state index contributed by atoms with van der Waals surface area (Å²) in [4.78, 5) is 15.2. The molecule has 1 aromatic carbocycles. The Hall–Kier alpha value is -2.21. The fraction of sp³-hybridized carbons (Fsp3) is 0.471. The number of methoxy groups -OCH3 is 1. The van der Waals surface area contributed by atoms with Crippen molar-refractivity contribution in [3.63, 3.8) is 0 Å². The van der Waals surface area contributed by atoms with Gasteiger partial charge in [-0.15, -0.1) is 0 Å². The minimum atomic E-state index is -0.527. The maximum atomic E-state index is 11.9. The van der Waals surface area contributed by atoms with Gasteiger partial charge in [-0.25, -0.2) is 4.79 Å². The van der Waals surface area contributed by atoms with Gasteiger partial charge in [-0.05, 0) is 44.4 Å². The SMILES string of the molecule is COc1ccc2cc(CC(CN)NC(=O)OC(C)(C)C)[nH]c2c1. The van der Waals surface area contributed by atoms with Crippen molar-refractivity contribution >= 4 is 17.0 Å². The number of rotatable bonds is 5. The van der Waals surface area contributed by atoms with Gasteiger partial charge in [0, 0.05) is 36.3 Å². The van der Waals surface area contributed by atoms with Crippen LogP contribution in [0.2, 0.25) is 0 Å². The zero-order valence-corrected chi connectivity index (χ0v) is 14.1. The van der Waals surface area contributed by atoms with E-state index in [1.807, 2.05) is 45.0 Å². The molecule has 0 bridgehead atoms. The zero-order chi connectivity index (χ0) is 17.0. The number of ether oxygens (including phenoxy) is 2. The summed E-state index contributed by atoms with van der Waals surface area (Å²) < 4.78 is 10.5. The van der Waals surface area contributed by atoms with Crippen molar-refractivity contribution in [1.29, 1.82) is 0 Å². The van der Waals surface area contributed by atoms with Crippen LogP contribution in [0.4, 0.5) is 4.79 Å². The van der Waals surface area contributed by atoms with E-state index in [9.17, 15) is 4.79 Å². The van der Waals surface area contributed by atoms with Gasteiger partial charge >= 0.3 is 6.09 Å². The summed E-state index contributed by atoms with van der Waals surface area (Å²) >= 11 is 0. The van der Waals surface area contributed by atoms with E-state index in [1.54, 1.807) is 7.11 Å². The fourth-order valence-electron chi connectivity index (χ4n) is 2.34. The first kappa shape index (κ1) is 17.1. The van der Waals surface area contributed by atoms with Gasteiger partial charge in [0.25, 0.3) is 0 Å². The highest BCUT2D eigenvalue weighted by molar-refractivity contribution is 5.81. The second-order valence-electron chi connectivity index (χ2n) is 6.53. The molecule has 1 amide bonds. The second-order valence-corrected chi connectivity index (χ2v) is 6.53. The Labute approximate surface area is 136 Å². The number of alkyl carbamates (subject to hydrolysis) is 1. The molecule has 1 heterocycles. The van der Waals surface area contributed by atoms with Gasteiger partial charge in [-0.2, -0.15) is 0 Å². The molecular weight excluding hydrogens is 294 g/mol. The summed E-state index contributed by atoms with van der Waals surface area (Å²) in [6, 6.07) is 7.71. The van der Waals surface area contributed by atoms with Gasteiger partial charge in [-0.3, -0.25) is 0 Å². The molecule has 1 atom stereocenters. The number of amides is 1. The predicted molar refractivity (Wildman–Crippen MR) is 90.8 cm³/mol. The lowest BCUT2D eigenvalue weighted by Crippen LogP contribution is -2.44. The van der Waals surface area contributed by atoms with Crippen molar-refractivity contribution in [1.82, 2.24) is 10.3 Å². The molecule has 1 unspecified atom stereocenters. The van der Waals surface area contributed by atoms with Gasteiger partial charge in [0.15, 0.2) is 0 Å². The van der Waals surface area contributed by atoms with E-state index in [2.05, 4.69) is 10.3 Å². The average Bonchev–Trinajstić information content (AvgIpc) is 2.85. The van der Waals surface area contributed by atoms with Crippen molar-refractivity contribution in [2.75, 3.05) is 13.7 Å². The molecule has 0 aliphatic rings. The van der Waals surface area contributed by atoms with Crippen LogP contribution in [0.3, 0.4) is 0 Å². The lowest BCUT2D eigenvalue weighted by molar-refractivity contribution is 0.0506. The maximum Gasteiger partial charge on any atom is 0.407 e. The normalized spacial score (nSPS) is 12.9. The van der Waals surface area contributed by atoms with Crippen molar-refractivity contribution in [3.8, 4) is 5.75 Å². The summed E-state index contributed by atoms with van der Waals surface area (Å²) in [6.07, 6.45) is 0.151. The summed E-state index contributed by atoms with van der Waals surface area (Å²) in [5, 5.41) is 3.90. The first-order chi connectivity index (χ1) is 10.8. The second kappa shape index (κ2) is 6.91. The molecule has 0 spiro atoms. The molecule has 4 N–H and O–H groups in total. The van der Waals surface area contributed by atoms with Gasteiger partial charge in [0.2, 0.25) is 0 Å². The van der Waals surface area contributed by atoms with Crippen LogP contribution < -0.4 is 15.8 Å². The Bertz CT molecular complexity index is 673. The van der Waals surface area contributed by atoms with E-state index in [1.165, 1.54) is 0 Å². The molecule has 2 rings (SSSR count). The molecule has 0 aliphatic carbocycles. The van der Waals surface area contributed by atoms with Gasteiger partial charge < -0.3 is 25.5 Å². The molecule has 6 nitrogen and oxygen atoms in total. The Morgan fingerprint density at radius 1 is 1.35 bits per heavy atom. The van der Waals surface area contributed by atoms with Crippen LogP contribution in [0.1, 0.15) is 26.5 Å². The summed E-state index contributed by atoms with van der Waals surface area (Å²) in [6.45, 7) is 5.82. The van der Waals surface area contributed by atoms with Crippen LogP contribution in [-0.2, 0) is 11.2 Å². The summed E-state index contributed by atoms with van der Waals surface area (Å²) in [5.41, 5.74) is 7.23. The van der Waals surface area contributed by atoms with Crippen molar-refractivity contribution < 1.29 is 14.3 Å². The van der Waals surface area contributed by atoms with E-state index in [4.69, 9.17) is 15.2 Å². The minimum absolute atomic E-state index is 0.195. The number of nitrogens with one attached hydrogen (secondary N) is 2. The molecule has 0 radical (unpaired) electrons. The molecule has 0 saturated carbocycles. The third-order valence-corrected chi connectivity index (χ3v) is 3.36. The quantitative estimate of drug-likeness (QED) is 0.790. The van der Waals surface area contributed by atoms with Crippen molar-refractivity contribution in [3.05, 3.63) is 30.0 Å². The fourth-order valence-corrected chi connectivity index (χ4v) is 2.34. The highest BCUT2D eigenvalue weighted by Crippen LogP contribution is 2.21. The number of benzene rings is 1. The van der Waals surface area contributed by atoms with E-state index in [-0.39, 0.29) is 6.04 Å². The molecule has 1 aromatic heterocycles. The van der Waals surface area contributed by atoms with Gasteiger partial charge in [-0.1, -0.05) is 0 Å². The maximum absolute atomic E-state index is 11.9. The number of hydrogen-bond acceptors (Lipinski definition) is 4. The van der Waals surface area contributed by atoms with Crippen molar-refractivity contribution in [2.24, 2.45) is 5.73 Å². The number of aromatic nitrogens is 1. The largest absolute Gasteiger partial charge is 0.497 e. The van der Waals surface area contributed by atoms with E-state index in [0.29, 0.717) is 13.0 Å². The lowest BCUT2D eigenvalue weighted by Gasteiger charge is -2.22. The topological polar surface area (TPSA) is 89.4 Å². The monoisotopic (exact) mass is 319 g/mol. The highest BCUT2D eigenvalue weighted by atomic mass is 16.6. The van der Waals surface area contributed by atoms with Crippen LogP contribution >= 0.6 is 0 Å². The van der Waals surface area contributed by atoms with Crippen LogP contribution in [0, 0.1) is 0 Å². The van der Waals surface area contributed by atoms with Crippen LogP contribution in [0.15, 0.2) is 24.3 Å². The summed E-state index contributed by atoms with van der Waals surface area (Å²) in [7, 11) is 1.64. The molecule has 23 heavy (non-hydrogen) atoms. The summed E-state index contributed by atoms with van der Waals surface area (Å²) in [5.74, 6) is 0.799. The number of hydrogen-bond donors (Lipinski definition) is 3.